The van der Waals surface area contributed by atoms with Gasteiger partial charge in [0.2, 0.25) is 5.12 Å². The molecule has 0 fully saturated rings. The van der Waals surface area contributed by atoms with Crippen molar-refractivity contribution in [1.29, 1.82) is 0 Å². The largest absolute Gasteiger partial charge is 0.513 e. The molecule has 1 N–H and O–H groups in total. The van der Waals surface area contributed by atoms with E-state index in [-0.39, 0.29) is 28.6 Å². The van der Waals surface area contributed by atoms with Crippen LogP contribution in [-0.2, 0) is 20.4 Å². The van der Waals surface area contributed by atoms with Crippen molar-refractivity contribution in [2.45, 2.75) is 25.9 Å². The Labute approximate surface area is 157 Å². The van der Waals surface area contributed by atoms with E-state index in [1.165, 1.54) is 18.2 Å². The monoisotopic (exact) mass is 399 g/mol. The number of halogens is 3. The molecule has 0 saturated heterocycles. The van der Waals surface area contributed by atoms with E-state index in [0.29, 0.717) is 17.1 Å². The van der Waals surface area contributed by atoms with E-state index in [4.69, 9.17) is 9.47 Å². The van der Waals surface area contributed by atoms with Gasteiger partial charge in [-0.2, -0.15) is 13.2 Å². The molecule has 2 aliphatic heterocycles. The first kappa shape index (κ1) is 19.3. The van der Waals surface area contributed by atoms with E-state index < -0.39 is 23.8 Å². The van der Waals surface area contributed by atoms with Gasteiger partial charge in [-0.1, -0.05) is 30.0 Å². The number of benzene rings is 1. The van der Waals surface area contributed by atoms with Crippen LogP contribution in [0.15, 0.2) is 47.0 Å². The first-order valence-corrected chi connectivity index (χ1v) is 9.11. The first-order chi connectivity index (χ1) is 12.7. The Balaban J connectivity index is 2.16. The van der Waals surface area contributed by atoms with Crippen molar-refractivity contribution in [2.75, 3.05) is 12.4 Å². The molecule has 27 heavy (non-hydrogen) atoms. The summed E-state index contributed by atoms with van der Waals surface area (Å²) in [4.78, 5) is 24.3. The van der Waals surface area contributed by atoms with Crippen molar-refractivity contribution in [1.82, 2.24) is 5.32 Å². The summed E-state index contributed by atoms with van der Waals surface area (Å²) < 4.78 is 50.7. The van der Waals surface area contributed by atoms with E-state index in [9.17, 15) is 22.8 Å². The predicted octanol–water partition coefficient (Wildman–Crippen LogP) is 4.32. The number of carbonyl (C=O) groups excluding carboxylic acids is 2. The minimum absolute atomic E-state index is 0.0467. The third kappa shape index (κ3) is 3.69. The molecule has 2 aliphatic rings. The Morgan fingerprint density at radius 3 is 2.70 bits per heavy atom. The minimum Gasteiger partial charge on any atom is -0.434 e. The average Bonchev–Trinajstić information content (AvgIpc) is 2.95. The van der Waals surface area contributed by atoms with Gasteiger partial charge in [-0.15, -0.1) is 0 Å². The van der Waals surface area contributed by atoms with E-state index in [1.54, 1.807) is 13.8 Å². The van der Waals surface area contributed by atoms with Crippen LogP contribution in [0.25, 0.3) is 0 Å². The fraction of sp³-hybridized carbons (Fsp3) is 0.333. The zero-order valence-electron chi connectivity index (χ0n) is 14.5. The van der Waals surface area contributed by atoms with Crippen LogP contribution in [0.3, 0.4) is 0 Å². The Morgan fingerprint density at radius 1 is 1.33 bits per heavy atom. The molecule has 0 bridgehead atoms. The van der Waals surface area contributed by atoms with Gasteiger partial charge in [0.15, 0.2) is 0 Å². The number of hydrogen-bond donors (Lipinski definition) is 1. The molecule has 0 saturated carbocycles. The number of thioether (sulfide) groups is 1. The molecule has 3 rings (SSSR count). The van der Waals surface area contributed by atoms with Crippen LogP contribution in [-0.4, -0.2) is 23.6 Å². The molecule has 2 heterocycles. The third-order valence-corrected chi connectivity index (χ3v) is 5.10. The maximum absolute atomic E-state index is 13.6. The number of dihydropyridines is 1. The van der Waals surface area contributed by atoms with Gasteiger partial charge in [0.25, 0.3) is 0 Å². The van der Waals surface area contributed by atoms with E-state index >= 15 is 0 Å². The maximum Gasteiger partial charge on any atom is 0.513 e. The number of carbonyl (C=O) groups is 2. The van der Waals surface area contributed by atoms with Gasteiger partial charge in [-0.3, -0.25) is 4.79 Å². The molecule has 9 heteroatoms. The molecule has 5 nitrogen and oxygen atoms in total. The Hall–Kier alpha value is -2.42. The van der Waals surface area contributed by atoms with Crippen molar-refractivity contribution in [2.24, 2.45) is 0 Å². The van der Waals surface area contributed by atoms with Crippen LogP contribution in [0.1, 0.15) is 30.9 Å². The van der Waals surface area contributed by atoms with Crippen LogP contribution in [0.5, 0.6) is 0 Å². The third-order valence-electron chi connectivity index (χ3n) is 4.18. The van der Waals surface area contributed by atoms with Gasteiger partial charge in [0.1, 0.15) is 5.76 Å². The fourth-order valence-corrected chi connectivity index (χ4v) is 4.02. The lowest BCUT2D eigenvalue weighted by Gasteiger charge is -2.30. The molecule has 0 spiro atoms. The number of hydrogen-bond acceptors (Lipinski definition) is 6. The molecule has 0 amide bonds. The van der Waals surface area contributed by atoms with Crippen molar-refractivity contribution in [3.63, 3.8) is 0 Å². The van der Waals surface area contributed by atoms with Crippen molar-refractivity contribution >= 4 is 23.0 Å². The second kappa shape index (κ2) is 7.30. The van der Waals surface area contributed by atoms with E-state index in [2.05, 4.69) is 5.32 Å². The highest BCUT2D eigenvalue weighted by Gasteiger charge is 2.44. The zero-order chi connectivity index (χ0) is 19.8. The van der Waals surface area contributed by atoms with Gasteiger partial charge in [0.05, 0.1) is 23.8 Å². The zero-order valence-corrected chi connectivity index (χ0v) is 15.3. The molecule has 0 aromatic heterocycles. The lowest BCUT2D eigenvalue weighted by Crippen LogP contribution is -2.29. The smallest absolute Gasteiger partial charge is 0.434 e. The van der Waals surface area contributed by atoms with Gasteiger partial charge >= 0.3 is 12.3 Å². The van der Waals surface area contributed by atoms with Crippen LogP contribution in [0.2, 0.25) is 0 Å². The van der Waals surface area contributed by atoms with Crippen LogP contribution < -0.4 is 5.32 Å². The molecular formula is C18H16F3NO4S. The second-order valence-corrected chi connectivity index (χ2v) is 6.83. The Morgan fingerprint density at radius 2 is 2.04 bits per heavy atom. The summed E-state index contributed by atoms with van der Waals surface area (Å²) in [6.45, 7) is 3.20. The maximum atomic E-state index is 13.6. The van der Waals surface area contributed by atoms with Crippen LogP contribution >= 0.6 is 11.8 Å². The molecule has 144 valence electrons. The molecule has 1 atom stereocenters. The summed E-state index contributed by atoms with van der Waals surface area (Å²) >= 11 is 0.992. The lowest BCUT2D eigenvalue weighted by atomic mass is 9.83. The van der Waals surface area contributed by atoms with Gasteiger partial charge in [-0.05, 0) is 25.5 Å². The number of nitrogens with one attached hydrogen (secondary N) is 1. The number of ether oxygens (including phenoxy) is 2. The molecule has 0 aliphatic carbocycles. The second-order valence-electron chi connectivity index (χ2n) is 5.89. The Bertz CT molecular complexity index is 860. The SMILES string of the molecule is CCOC(=O)OC1=C(C)NC2=C(C(=O)SC2)C1c1ccccc1C(F)(F)F. The predicted molar refractivity (Wildman–Crippen MR) is 92.6 cm³/mol. The minimum atomic E-state index is -4.63. The topological polar surface area (TPSA) is 64.6 Å². The Kier molecular flexibility index (Phi) is 5.23. The number of rotatable bonds is 3. The first-order valence-electron chi connectivity index (χ1n) is 8.12. The summed E-state index contributed by atoms with van der Waals surface area (Å²) in [5, 5.41) is 2.62. The standard InChI is InChI=1S/C18H16F3NO4S/c1-3-25-17(24)26-15-9(2)22-12-8-27-16(23)14(12)13(15)10-6-4-5-7-11(10)18(19,20)21/h4-7,13,22H,3,8H2,1-2H3. The molecule has 1 unspecified atom stereocenters. The van der Waals surface area contributed by atoms with Gasteiger partial charge < -0.3 is 14.8 Å². The van der Waals surface area contributed by atoms with Crippen molar-refractivity contribution in [3.8, 4) is 0 Å². The quantitative estimate of drug-likeness (QED) is 0.764. The highest BCUT2D eigenvalue weighted by Crippen LogP contribution is 2.47. The molecule has 0 radical (unpaired) electrons. The summed E-state index contributed by atoms with van der Waals surface area (Å²) in [6, 6.07) is 4.97. The van der Waals surface area contributed by atoms with Crippen molar-refractivity contribution in [3.05, 3.63) is 58.1 Å². The highest BCUT2D eigenvalue weighted by atomic mass is 32.2. The van der Waals surface area contributed by atoms with Gasteiger partial charge in [0, 0.05) is 17.0 Å². The summed E-state index contributed by atoms with van der Waals surface area (Å²) in [5.74, 6) is -0.895. The fourth-order valence-electron chi connectivity index (χ4n) is 3.12. The number of allylic oxidation sites excluding steroid dienone is 2. The normalized spacial score (nSPS) is 19.7. The summed E-state index contributed by atoms with van der Waals surface area (Å²) in [7, 11) is 0. The van der Waals surface area contributed by atoms with E-state index in [0.717, 1.165) is 17.8 Å². The van der Waals surface area contributed by atoms with E-state index in [1.807, 2.05) is 0 Å². The van der Waals surface area contributed by atoms with Crippen molar-refractivity contribution < 1.29 is 32.2 Å². The van der Waals surface area contributed by atoms with Crippen LogP contribution in [0, 0.1) is 0 Å². The highest BCUT2D eigenvalue weighted by molar-refractivity contribution is 8.14. The molecular weight excluding hydrogens is 383 g/mol. The van der Waals surface area contributed by atoms with Gasteiger partial charge in [-0.25, -0.2) is 4.79 Å². The average molecular weight is 399 g/mol. The molecule has 1 aromatic carbocycles. The lowest BCUT2D eigenvalue weighted by molar-refractivity contribution is -0.138. The summed E-state index contributed by atoms with van der Waals surface area (Å²) in [5.41, 5.74) is 0.0288. The number of alkyl halides is 3. The summed E-state index contributed by atoms with van der Waals surface area (Å²) in [6.07, 6.45) is -5.66. The van der Waals surface area contributed by atoms with Crippen LogP contribution in [0.4, 0.5) is 18.0 Å². The molecule has 1 aromatic rings.